The Kier molecular flexibility index (Phi) is 9.35. The number of amides is 1. The molecule has 10 heteroatoms. The topological polar surface area (TPSA) is 95.2 Å². The lowest BCUT2D eigenvalue weighted by atomic mass is 10.1. The van der Waals surface area contributed by atoms with Crippen molar-refractivity contribution >= 4 is 45.7 Å². The number of benzene rings is 1. The lowest BCUT2D eigenvalue weighted by molar-refractivity contribution is 0.0657. The lowest BCUT2D eigenvalue weighted by Gasteiger charge is -2.36. The Hall–Kier alpha value is -2.08. The summed E-state index contributed by atoms with van der Waals surface area (Å²) in [6.45, 7) is 5.84. The highest BCUT2D eigenvalue weighted by atomic mass is 127. The third-order valence-electron chi connectivity index (χ3n) is 4.80. The third-order valence-corrected chi connectivity index (χ3v) is 5.65. The van der Waals surface area contributed by atoms with E-state index >= 15 is 0 Å². The minimum absolute atomic E-state index is 0. The van der Waals surface area contributed by atoms with E-state index in [2.05, 4.69) is 10.2 Å². The fourth-order valence-corrected chi connectivity index (χ4v) is 4.11. The largest absolute Gasteiger partial charge is 0.459 e. The van der Waals surface area contributed by atoms with E-state index in [0.29, 0.717) is 38.5 Å². The summed E-state index contributed by atoms with van der Waals surface area (Å²) in [5.74, 6) is 1.13. The number of sulfone groups is 1. The van der Waals surface area contributed by atoms with Crippen LogP contribution < -0.4 is 5.32 Å². The smallest absolute Gasteiger partial charge is 0.289 e. The van der Waals surface area contributed by atoms with E-state index in [4.69, 9.17) is 9.41 Å². The molecular formula is C21H29IN4O4S. The van der Waals surface area contributed by atoms with Crippen molar-refractivity contribution in [2.45, 2.75) is 19.2 Å². The molecule has 0 aliphatic carbocycles. The summed E-state index contributed by atoms with van der Waals surface area (Å²) in [6.07, 6.45) is 2.74. The molecule has 31 heavy (non-hydrogen) atoms. The number of piperazine rings is 1. The molecule has 0 radical (unpaired) electrons. The number of rotatable bonds is 6. The molecule has 0 unspecified atom stereocenters. The molecule has 170 valence electrons. The molecule has 1 aromatic carbocycles. The summed E-state index contributed by atoms with van der Waals surface area (Å²) in [5, 5.41) is 3.31. The first-order valence-electron chi connectivity index (χ1n) is 9.97. The van der Waals surface area contributed by atoms with Gasteiger partial charge >= 0.3 is 0 Å². The molecule has 0 spiro atoms. The van der Waals surface area contributed by atoms with E-state index in [9.17, 15) is 13.2 Å². The Morgan fingerprint density at radius 1 is 1.06 bits per heavy atom. The van der Waals surface area contributed by atoms with Crippen LogP contribution in [-0.2, 0) is 22.1 Å². The van der Waals surface area contributed by atoms with Crippen molar-refractivity contribution in [2.75, 3.05) is 39.0 Å². The molecule has 2 heterocycles. The van der Waals surface area contributed by atoms with Crippen LogP contribution in [0.5, 0.6) is 0 Å². The lowest BCUT2D eigenvalue weighted by Crippen LogP contribution is -2.53. The molecule has 0 bridgehead atoms. The monoisotopic (exact) mass is 560 g/mol. The molecule has 1 fully saturated rings. The first-order chi connectivity index (χ1) is 14.4. The van der Waals surface area contributed by atoms with E-state index in [0.717, 1.165) is 23.6 Å². The summed E-state index contributed by atoms with van der Waals surface area (Å²) in [7, 11) is -3.04. The molecule has 1 aliphatic heterocycles. The number of halogens is 1. The van der Waals surface area contributed by atoms with Crippen LogP contribution in [0.4, 0.5) is 0 Å². The Bertz CT molecular complexity index is 967. The van der Waals surface area contributed by atoms with Gasteiger partial charge in [-0.15, -0.1) is 24.0 Å². The van der Waals surface area contributed by atoms with Gasteiger partial charge in [0.05, 0.1) is 18.6 Å². The number of aliphatic imine (C=N–C) groups is 1. The van der Waals surface area contributed by atoms with Crippen LogP contribution in [0.3, 0.4) is 0 Å². The normalized spacial score (nSPS) is 14.8. The van der Waals surface area contributed by atoms with E-state index in [1.165, 1.54) is 12.5 Å². The predicted octanol–water partition coefficient (Wildman–Crippen LogP) is 2.37. The van der Waals surface area contributed by atoms with E-state index in [-0.39, 0.29) is 35.6 Å². The van der Waals surface area contributed by atoms with Gasteiger partial charge < -0.3 is 19.5 Å². The SMILES string of the molecule is CCNC(=NCc1ccc(CS(C)(=O)=O)cc1)N1CCN(C(=O)c2ccco2)CC1.I. The van der Waals surface area contributed by atoms with E-state index in [1.807, 2.05) is 31.2 Å². The maximum Gasteiger partial charge on any atom is 0.289 e. The van der Waals surface area contributed by atoms with Crippen LogP contribution in [0.2, 0.25) is 0 Å². The Morgan fingerprint density at radius 2 is 1.68 bits per heavy atom. The van der Waals surface area contributed by atoms with Crippen LogP contribution in [0.15, 0.2) is 52.1 Å². The van der Waals surface area contributed by atoms with Gasteiger partial charge in [-0.25, -0.2) is 13.4 Å². The van der Waals surface area contributed by atoms with Crippen LogP contribution >= 0.6 is 24.0 Å². The molecular weight excluding hydrogens is 531 g/mol. The first-order valence-corrected chi connectivity index (χ1v) is 12.0. The molecule has 1 N–H and O–H groups in total. The maximum absolute atomic E-state index is 12.4. The minimum Gasteiger partial charge on any atom is -0.459 e. The van der Waals surface area contributed by atoms with Gasteiger partial charge in [-0.1, -0.05) is 24.3 Å². The van der Waals surface area contributed by atoms with Crippen LogP contribution in [0.25, 0.3) is 0 Å². The fourth-order valence-electron chi connectivity index (χ4n) is 3.31. The Morgan fingerprint density at radius 3 is 2.23 bits per heavy atom. The van der Waals surface area contributed by atoms with Crippen LogP contribution in [0.1, 0.15) is 28.6 Å². The number of nitrogens with zero attached hydrogens (tertiary/aromatic N) is 3. The van der Waals surface area contributed by atoms with Gasteiger partial charge in [0.15, 0.2) is 21.6 Å². The van der Waals surface area contributed by atoms with Crippen molar-refractivity contribution in [1.29, 1.82) is 0 Å². The molecule has 1 saturated heterocycles. The summed E-state index contributed by atoms with van der Waals surface area (Å²) < 4.78 is 28.0. The number of carbonyl (C=O) groups excluding carboxylic acids is 1. The second-order valence-electron chi connectivity index (χ2n) is 7.31. The number of guanidine groups is 1. The van der Waals surface area contributed by atoms with Crippen molar-refractivity contribution in [3.8, 4) is 0 Å². The Balaban J connectivity index is 0.00000341. The van der Waals surface area contributed by atoms with E-state index in [1.54, 1.807) is 17.0 Å². The van der Waals surface area contributed by atoms with Gasteiger partial charge in [-0.05, 0) is 30.2 Å². The number of hydrogen-bond acceptors (Lipinski definition) is 5. The number of carbonyl (C=O) groups is 1. The van der Waals surface area contributed by atoms with Crippen molar-refractivity contribution < 1.29 is 17.6 Å². The molecule has 0 atom stereocenters. The summed E-state index contributed by atoms with van der Waals surface area (Å²) in [5.41, 5.74) is 1.78. The van der Waals surface area contributed by atoms with Gasteiger partial charge in [-0.2, -0.15) is 0 Å². The van der Waals surface area contributed by atoms with Crippen LogP contribution in [0, 0.1) is 0 Å². The average molecular weight is 560 g/mol. The highest BCUT2D eigenvalue weighted by Gasteiger charge is 2.25. The van der Waals surface area contributed by atoms with Gasteiger partial charge in [-0.3, -0.25) is 4.79 Å². The zero-order valence-electron chi connectivity index (χ0n) is 17.8. The molecule has 1 aliphatic rings. The van der Waals surface area contributed by atoms with Crippen molar-refractivity contribution in [2.24, 2.45) is 4.99 Å². The quantitative estimate of drug-likeness (QED) is 0.331. The first kappa shape index (κ1) is 25.2. The van der Waals surface area contributed by atoms with Crippen molar-refractivity contribution in [3.05, 3.63) is 59.5 Å². The number of nitrogens with one attached hydrogen (secondary N) is 1. The third kappa shape index (κ3) is 7.53. The highest BCUT2D eigenvalue weighted by molar-refractivity contribution is 14.0. The molecule has 0 saturated carbocycles. The molecule has 3 rings (SSSR count). The molecule has 1 amide bonds. The van der Waals surface area contributed by atoms with Crippen LogP contribution in [-0.4, -0.2) is 69.1 Å². The predicted molar refractivity (Wildman–Crippen MR) is 131 cm³/mol. The van der Waals surface area contributed by atoms with Gasteiger partial charge in [0, 0.05) is 39.0 Å². The highest BCUT2D eigenvalue weighted by Crippen LogP contribution is 2.11. The molecule has 1 aromatic heterocycles. The zero-order valence-corrected chi connectivity index (χ0v) is 20.9. The molecule has 8 nitrogen and oxygen atoms in total. The van der Waals surface area contributed by atoms with Gasteiger partial charge in [0.25, 0.3) is 5.91 Å². The minimum atomic E-state index is -3.04. The number of hydrogen-bond donors (Lipinski definition) is 1. The average Bonchev–Trinajstić information content (AvgIpc) is 3.25. The molecule has 2 aromatic rings. The van der Waals surface area contributed by atoms with Gasteiger partial charge in [0.1, 0.15) is 0 Å². The summed E-state index contributed by atoms with van der Waals surface area (Å²) >= 11 is 0. The summed E-state index contributed by atoms with van der Waals surface area (Å²) in [4.78, 5) is 21.1. The van der Waals surface area contributed by atoms with Gasteiger partial charge in [0.2, 0.25) is 0 Å². The summed E-state index contributed by atoms with van der Waals surface area (Å²) in [6, 6.07) is 10.9. The standard InChI is InChI=1S/C21H28N4O4S.HI/c1-3-22-21(23-15-17-6-8-18(9-7-17)16-30(2,27)28)25-12-10-24(11-13-25)20(26)19-5-4-14-29-19;/h4-9,14H,3,10-13,15-16H2,1-2H3,(H,22,23);1H. The van der Waals surface area contributed by atoms with E-state index < -0.39 is 9.84 Å². The second kappa shape index (κ2) is 11.5. The maximum atomic E-state index is 12.4. The zero-order chi connectivity index (χ0) is 21.6. The van der Waals surface area contributed by atoms with Crippen molar-refractivity contribution in [3.63, 3.8) is 0 Å². The fraction of sp³-hybridized carbons (Fsp3) is 0.429. The van der Waals surface area contributed by atoms with Crippen molar-refractivity contribution in [1.82, 2.24) is 15.1 Å². The second-order valence-corrected chi connectivity index (χ2v) is 9.45. The number of furan rings is 1. The Labute approximate surface area is 200 Å².